The van der Waals surface area contributed by atoms with Crippen LogP contribution in [0.4, 0.5) is 15.2 Å². The average Bonchev–Trinajstić information content (AvgIpc) is 2.81. The Balaban J connectivity index is 2.02. The van der Waals surface area contributed by atoms with Crippen LogP contribution in [0.25, 0.3) is 0 Å². The standard InChI is InChI=1S/C14H15FN2O2S/c1-3-19-13(18)7-11-8-20-14(17-11)16-10-5-4-9(2)12(15)6-10/h4-6,8H,3,7H2,1-2H3,(H,16,17). The molecule has 0 aliphatic rings. The van der Waals surface area contributed by atoms with Gasteiger partial charge < -0.3 is 10.1 Å². The van der Waals surface area contributed by atoms with E-state index in [-0.39, 0.29) is 18.2 Å². The van der Waals surface area contributed by atoms with Gasteiger partial charge in [0.25, 0.3) is 0 Å². The van der Waals surface area contributed by atoms with Crippen molar-refractivity contribution in [2.45, 2.75) is 20.3 Å². The predicted molar refractivity (Wildman–Crippen MR) is 76.9 cm³/mol. The van der Waals surface area contributed by atoms with Gasteiger partial charge in [0.2, 0.25) is 0 Å². The molecule has 106 valence electrons. The van der Waals surface area contributed by atoms with Crippen LogP contribution in [0.15, 0.2) is 23.6 Å². The lowest BCUT2D eigenvalue weighted by Gasteiger charge is -2.03. The van der Waals surface area contributed by atoms with Crippen LogP contribution in [0.3, 0.4) is 0 Å². The number of carbonyl (C=O) groups excluding carboxylic acids is 1. The van der Waals surface area contributed by atoms with Gasteiger partial charge in [0.15, 0.2) is 5.13 Å². The first-order chi connectivity index (χ1) is 9.58. The second kappa shape index (κ2) is 6.47. The summed E-state index contributed by atoms with van der Waals surface area (Å²) in [7, 11) is 0. The van der Waals surface area contributed by atoms with Gasteiger partial charge in [-0.05, 0) is 31.5 Å². The first-order valence-corrected chi connectivity index (χ1v) is 7.09. The Morgan fingerprint density at radius 1 is 1.50 bits per heavy atom. The molecule has 0 aliphatic carbocycles. The van der Waals surface area contributed by atoms with Gasteiger partial charge in [-0.25, -0.2) is 9.37 Å². The van der Waals surface area contributed by atoms with Crippen LogP contribution in [-0.2, 0) is 16.0 Å². The third-order valence-corrected chi connectivity index (χ3v) is 3.41. The number of nitrogens with zero attached hydrogens (tertiary/aromatic N) is 1. The first-order valence-electron chi connectivity index (χ1n) is 6.21. The number of hydrogen-bond donors (Lipinski definition) is 1. The van der Waals surface area contributed by atoms with Crippen LogP contribution < -0.4 is 5.32 Å². The third kappa shape index (κ3) is 3.77. The molecular weight excluding hydrogens is 279 g/mol. The number of esters is 1. The molecular formula is C14H15FN2O2S. The molecule has 0 bridgehead atoms. The summed E-state index contributed by atoms with van der Waals surface area (Å²) in [5.74, 6) is -0.566. The molecule has 1 aromatic carbocycles. The second-order valence-corrected chi connectivity index (χ2v) is 5.07. The van der Waals surface area contributed by atoms with Crippen molar-refractivity contribution in [3.05, 3.63) is 40.7 Å². The average molecular weight is 294 g/mol. The summed E-state index contributed by atoms with van der Waals surface area (Å²) < 4.78 is 18.3. The molecule has 0 aliphatic heterocycles. The molecule has 2 aromatic rings. The molecule has 0 spiro atoms. The van der Waals surface area contributed by atoms with Gasteiger partial charge >= 0.3 is 5.97 Å². The van der Waals surface area contributed by atoms with Gasteiger partial charge in [-0.3, -0.25) is 4.79 Å². The Morgan fingerprint density at radius 2 is 2.30 bits per heavy atom. The fraction of sp³-hybridized carbons (Fsp3) is 0.286. The van der Waals surface area contributed by atoms with Crippen LogP contribution in [0.5, 0.6) is 0 Å². The molecule has 0 saturated heterocycles. The van der Waals surface area contributed by atoms with Crippen molar-refractivity contribution in [1.82, 2.24) is 4.98 Å². The minimum atomic E-state index is -0.300. The van der Waals surface area contributed by atoms with E-state index in [4.69, 9.17) is 4.74 Å². The van der Waals surface area contributed by atoms with E-state index in [0.29, 0.717) is 28.7 Å². The maximum Gasteiger partial charge on any atom is 0.311 e. The maximum atomic E-state index is 13.4. The number of aromatic nitrogens is 1. The number of anilines is 2. The summed E-state index contributed by atoms with van der Waals surface area (Å²) in [5, 5.41) is 5.41. The summed E-state index contributed by atoms with van der Waals surface area (Å²) in [5.41, 5.74) is 1.87. The molecule has 0 fully saturated rings. The first kappa shape index (κ1) is 14.5. The quantitative estimate of drug-likeness (QED) is 0.858. The minimum Gasteiger partial charge on any atom is -0.466 e. The molecule has 2 rings (SSSR count). The zero-order chi connectivity index (χ0) is 14.5. The number of nitrogens with one attached hydrogen (secondary N) is 1. The largest absolute Gasteiger partial charge is 0.466 e. The van der Waals surface area contributed by atoms with Gasteiger partial charge in [-0.1, -0.05) is 6.07 Å². The van der Waals surface area contributed by atoms with E-state index in [1.807, 2.05) is 0 Å². The van der Waals surface area contributed by atoms with E-state index < -0.39 is 0 Å². The molecule has 20 heavy (non-hydrogen) atoms. The highest BCUT2D eigenvalue weighted by molar-refractivity contribution is 7.13. The van der Waals surface area contributed by atoms with E-state index in [0.717, 1.165) is 0 Å². The summed E-state index contributed by atoms with van der Waals surface area (Å²) in [6.07, 6.45) is 0.147. The smallest absolute Gasteiger partial charge is 0.311 e. The van der Waals surface area contributed by atoms with Gasteiger partial charge in [0, 0.05) is 11.1 Å². The van der Waals surface area contributed by atoms with Crippen LogP contribution in [0.2, 0.25) is 0 Å². The van der Waals surface area contributed by atoms with Crippen molar-refractivity contribution in [2.24, 2.45) is 0 Å². The van der Waals surface area contributed by atoms with Crippen molar-refractivity contribution < 1.29 is 13.9 Å². The monoisotopic (exact) mass is 294 g/mol. The van der Waals surface area contributed by atoms with E-state index >= 15 is 0 Å². The lowest BCUT2D eigenvalue weighted by atomic mass is 10.2. The number of ether oxygens (including phenoxy) is 1. The topological polar surface area (TPSA) is 51.2 Å². The van der Waals surface area contributed by atoms with Crippen LogP contribution in [0.1, 0.15) is 18.2 Å². The molecule has 0 unspecified atom stereocenters. The Kier molecular flexibility index (Phi) is 4.68. The lowest BCUT2D eigenvalue weighted by molar-refractivity contribution is -0.142. The van der Waals surface area contributed by atoms with Crippen molar-refractivity contribution in [3.63, 3.8) is 0 Å². The summed E-state index contributed by atoms with van der Waals surface area (Å²) >= 11 is 1.36. The fourth-order valence-corrected chi connectivity index (χ4v) is 2.33. The number of thiazole rings is 1. The van der Waals surface area contributed by atoms with Crippen LogP contribution in [-0.4, -0.2) is 17.6 Å². The SMILES string of the molecule is CCOC(=O)Cc1csc(Nc2ccc(C)c(F)c2)n1. The number of hydrogen-bond acceptors (Lipinski definition) is 5. The number of aryl methyl sites for hydroxylation is 1. The number of benzene rings is 1. The number of halogens is 1. The summed E-state index contributed by atoms with van der Waals surface area (Å²) in [4.78, 5) is 15.6. The van der Waals surface area contributed by atoms with Gasteiger partial charge in [0.05, 0.1) is 18.7 Å². The molecule has 4 nitrogen and oxygen atoms in total. The molecule has 6 heteroatoms. The van der Waals surface area contributed by atoms with Crippen molar-refractivity contribution in [1.29, 1.82) is 0 Å². The number of carbonyl (C=O) groups is 1. The van der Waals surface area contributed by atoms with E-state index in [2.05, 4.69) is 10.3 Å². The molecule has 0 atom stereocenters. The van der Waals surface area contributed by atoms with Gasteiger partial charge in [-0.15, -0.1) is 11.3 Å². The Bertz CT molecular complexity index is 613. The van der Waals surface area contributed by atoms with Gasteiger partial charge in [0.1, 0.15) is 5.82 Å². The Labute approximate surface area is 120 Å². The normalized spacial score (nSPS) is 10.3. The minimum absolute atomic E-state index is 0.147. The highest BCUT2D eigenvalue weighted by atomic mass is 32.1. The Hall–Kier alpha value is -1.95. The zero-order valence-corrected chi connectivity index (χ0v) is 12.1. The third-order valence-electron chi connectivity index (χ3n) is 2.61. The molecule has 0 saturated carbocycles. The number of rotatable bonds is 5. The lowest BCUT2D eigenvalue weighted by Crippen LogP contribution is -2.07. The van der Waals surface area contributed by atoms with E-state index in [1.54, 1.807) is 31.4 Å². The molecule has 1 N–H and O–H groups in total. The van der Waals surface area contributed by atoms with Crippen LogP contribution in [0, 0.1) is 12.7 Å². The molecule has 0 amide bonds. The predicted octanol–water partition coefficient (Wildman–Crippen LogP) is 3.44. The molecule has 0 radical (unpaired) electrons. The van der Waals surface area contributed by atoms with E-state index in [9.17, 15) is 9.18 Å². The molecule has 1 heterocycles. The fourth-order valence-electron chi connectivity index (χ4n) is 1.60. The van der Waals surface area contributed by atoms with Crippen molar-refractivity contribution in [3.8, 4) is 0 Å². The summed E-state index contributed by atoms with van der Waals surface area (Å²) in [6.45, 7) is 3.83. The highest BCUT2D eigenvalue weighted by Crippen LogP contribution is 2.22. The maximum absolute atomic E-state index is 13.4. The van der Waals surface area contributed by atoms with Gasteiger partial charge in [-0.2, -0.15) is 0 Å². The second-order valence-electron chi connectivity index (χ2n) is 4.21. The van der Waals surface area contributed by atoms with Crippen molar-refractivity contribution >= 4 is 28.1 Å². The summed E-state index contributed by atoms with van der Waals surface area (Å²) in [6, 6.07) is 4.90. The van der Waals surface area contributed by atoms with Crippen molar-refractivity contribution in [2.75, 3.05) is 11.9 Å². The Morgan fingerprint density at radius 3 is 3.00 bits per heavy atom. The highest BCUT2D eigenvalue weighted by Gasteiger charge is 2.09. The zero-order valence-electron chi connectivity index (χ0n) is 11.3. The van der Waals surface area contributed by atoms with E-state index in [1.165, 1.54) is 17.4 Å². The van der Waals surface area contributed by atoms with Crippen LogP contribution >= 0.6 is 11.3 Å². The molecule has 1 aromatic heterocycles.